The molecule has 1 rings (SSSR count). The zero-order chi connectivity index (χ0) is 14.6. The molecular weight excluding hydrogens is 260 g/mol. The smallest absolute Gasteiger partial charge is 0.258 e. The molecule has 1 amide bonds. The van der Waals surface area contributed by atoms with E-state index in [0.717, 1.165) is 11.3 Å². The van der Waals surface area contributed by atoms with Gasteiger partial charge in [-0.1, -0.05) is 19.1 Å². The molecule has 0 fully saturated rings. The first-order valence-corrected chi connectivity index (χ1v) is 6.49. The number of nitrogens with zero attached hydrogens (tertiary/aromatic N) is 1. The summed E-state index contributed by atoms with van der Waals surface area (Å²) in [6.45, 7) is 3.71. The molecule has 2 N–H and O–H groups in total. The molecule has 1 aromatic carbocycles. The van der Waals surface area contributed by atoms with Gasteiger partial charge >= 0.3 is 0 Å². The van der Waals surface area contributed by atoms with Crippen molar-refractivity contribution >= 4 is 28.8 Å². The number of methoxy groups -OCH3 is 1. The molecule has 19 heavy (non-hydrogen) atoms. The fraction of sp³-hybridized carbons (Fsp3) is 0.429. The molecule has 0 aromatic heterocycles. The van der Waals surface area contributed by atoms with E-state index in [0.29, 0.717) is 11.4 Å². The van der Waals surface area contributed by atoms with Crippen molar-refractivity contribution in [2.75, 3.05) is 19.1 Å². The van der Waals surface area contributed by atoms with E-state index in [4.69, 9.17) is 22.7 Å². The monoisotopic (exact) mass is 280 g/mol. The Hall–Kier alpha value is -1.46. The summed E-state index contributed by atoms with van der Waals surface area (Å²) in [6, 6.07) is 7.24. The largest absolute Gasteiger partial charge is 0.389 e. The molecule has 4 nitrogen and oxygen atoms in total. The number of carbonyl (C=O) groups is 1. The quantitative estimate of drug-likeness (QED) is 0.839. The van der Waals surface area contributed by atoms with Crippen LogP contribution >= 0.6 is 12.2 Å². The first kappa shape index (κ1) is 15.6. The summed E-state index contributed by atoms with van der Waals surface area (Å²) in [5.41, 5.74) is 6.30. The summed E-state index contributed by atoms with van der Waals surface area (Å²) in [6.07, 6.45) is 0.609. The SMILES string of the molecule is CCC(C)(OC)C(=O)N(C)c1ccc(C(N)=S)cc1. The lowest BCUT2D eigenvalue weighted by Gasteiger charge is -2.30. The number of carbonyl (C=O) groups excluding carboxylic acids is 1. The standard InChI is InChI=1S/C14H20N2O2S/c1-5-14(2,18-4)13(17)16(3)11-8-6-10(7-9-11)12(15)19/h6-9H,5H2,1-4H3,(H2,15,19). The Bertz CT molecular complexity index is 467. The number of thiocarbonyl (C=S) groups is 1. The zero-order valence-electron chi connectivity index (χ0n) is 11.8. The third kappa shape index (κ3) is 3.30. The van der Waals surface area contributed by atoms with Gasteiger partial charge in [0.15, 0.2) is 0 Å². The maximum absolute atomic E-state index is 12.4. The third-order valence-electron chi connectivity index (χ3n) is 3.42. The minimum atomic E-state index is -0.809. The number of amides is 1. The molecule has 0 spiro atoms. The van der Waals surface area contributed by atoms with E-state index in [2.05, 4.69) is 0 Å². The molecule has 5 heteroatoms. The maximum atomic E-state index is 12.4. The van der Waals surface area contributed by atoms with Gasteiger partial charge in [0.25, 0.3) is 5.91 Å². The molecule has 1 unspecified atom stereocenters. The van der Waals surface area contributed by atoms with E-state index in [9.17, 15) is 4.79 Å². The van der Waals surface area contributed by atoms with Gasteiger partial charge in [-0.25, -0.2) is 0 Å². The van der Waals surface area contributed by atoms with E-state index in [1.165, 1.54) is 0 Å². The van der Waals surface area contributed by atoms with Crippen LogP contribution in [0.1, 0.15) is 25.8 Å². The van der Waals surface area contributed by atoms with Gasteiger partial charge in [0.2, 0.25) is 0 Å². The van der Waals surface area contributed by atoms with Crippen LogP contribution in [0.3, 0.4) is 0 Å². The highest BCUT2D eigenvalue weighted by atomic mass is 32.1. The van der Waals surface area contributed by atoms with Crippen LogP contribution in [0.25, 0.3) is 0 Å². The van der Waals surface area contributed by atoms with Crippen LogP contribution in [0.15, 0.2) is 24.3 Å². The second-order valence-corrected chi connectivity index (χ2v) is 5.00. The summed E-state index contributed by atoms with van der Waals surface area (Å²) in [5.74, 6) is -0.0828. The lowest BCUT2D eigenvalue weighted by molar-refractivity contribution is -0.138. The van der Waals surface area contributed by atoms with Gasteiger partial charge in [-0.2, -0.15) is 0 Å². The first-order valence-electron chi connectivity index (χ1n) is 6.09. The van der Waals surface area contributed by atoms with Crippen molar-refractivity contribution < 1.29 is 9.53 Å². The number of rotatable bonds is 5. The second kappa shape index (κ2) is 6.12. The topological polar surface area (TPSA) is 55.6 Å². The molecule has 0 radical (unpaired) electrons. The predicted molar refractivity (Wildman–Crippen MR) is 81.4 cm³/mol. The molecule has 0 saturated heterocycles. The van der Waals surface area contributed by atoms with Crippen molar-refractivity contribution in [2.24, 2.45) is 5.73 Å². The fourth-order valence-corrected chi connectivity index (χ4v) is 1.84. The first-order chi connectivity index (χ1) is 8.85. The zero-order valence-corrected chi connectivity index (χ0v) is 12.6. The minimum absolute atomic E-state index is 0.0828. The van der Waals surface area contributed by atoms with Crippen molar-refractivity contribution in [2.45, 2.75) is 25.9 Å². The summed E-state index contributed by atoms with van der Waals surface area (Å²) in [7, 11) is 3.27. The van der Waals surface area contributed by atoms with E-state index in [1.54, 1.807) is 38.1 Å². The van der Waals surface area contributed by atoms with Crippen LogP contribution < -0.4 is 10.6 Å². The molecule has 104 valence electrons. The number of hydrogen-bond acceptors (Lipinski definition) is 3. The van der Waals surface area contributed by atoms with Crippen LogP contribution in [0.4, 0.5) is 5.69 Å². The molecular formula is C14H20N2O2S. The number of anilines is 1. The van der Waals surface area contributed by atoms with Crippen molar-refractivity contribution in [3.63, 3.8) is 0 Å². The van der Waals surface area contributed by atoms with Crippen LogP contribution in [-0.4, -0.2) is 30.7 Å². The number of hydrogen-bond donors (Lipinski definition) is 1. The molecule has 1 aromatic rings. The van der Waals surface area contributed by atoms with E-state index < -0.39 is 5.60 Å². The predicted octanol–water partition coefficient (Wildman–Crippen LogP) is 2.10. The van der Waals surface area contributed by atoms with Crippen molar-refractivity contribution in [3.8, 4) is 0 Å². The van der Waals surface area contributed by atoms with E-state index >= 15 is 0 Å². The second-order valence-electron chi connectivity index (χ2n) is 4.56. The number of likely N-dealkylation sites (N-methyl/N-ethyl adjacent to an activating group) is 1. The van der Waals surface area contributed by atoms with Gasteiger partial charge in [0.05, 0.1) is 0 Å². The highest BCUT2D eigenvalue weighted by Gasteiger charge is 2.34. The van der Waals surface area contributed by atoms with Crippen LogP contribution in [0.5, 0.6) is 0 Å². The van der Waals surface area contributed by atoms with Crippen molar-refractivity contribution in [3.05, 3.63) is 29.8 Å². The average molecular weight is 280 g/mol. The average Bonchev–Trinajstić information content (AvgIpc) is 2.44. The summed E-state index contributed by atoms with van der Waals surface area (Å²) < 4.78 is 5.32. The van der Waals surface area contributed by atoms with Gasteiger partial charge in [0.1, 0.15) is 10.6 Å². The van der Waals surface area contributed by atoms with Crippen LogP contribution in [0, 0.1) is 0 Å². The normalized spacial score (nSPS) is 13.7. The fourth-order valence-electron chi connectivity index (χ4n) is 1.70. The lowest BCUT2D eigenvalue weighted by Crippen LogP contribution is -2.46. The highest BCUT2D eigenvalue weighted by Crippen LogP contribution is 2.22. The molecule has 0 bridgehead atoms. The summed E-state index contributed by atoms with van der Waals surface area (Å²) in [4.78, 5) is 14.3. The summed E-state index contributed by atoms with van der Waals surface area (Å²) in [5, 5.41) is 0. The van der Waals surface area contributed by atoms with Crippen molar-refractivity contribution in [1.82, 2.24) is 0 Å². The number of ether oxygens (including phenoxy) is 1. The Balaban J connectivity index is 2.97. The molecule has 0 aliphatic heterocycles. The Morgan fingerprint density at radius 2 is 1.95 bits per heavy atom. The molecule has 0 aliphatic rings. The number of nitrogens with two attached hydrogens (primary N) is 1. The minimum Gasteiger partial charge on any atom is -0.389 e. The van der Waals surface area contributed by atoms with E-state index in [1.807, 2.05) is 19.1 Å². The van der Waals surface area contributed by atoms with Gasteiger partial charge in [-0.05, 0) is 37.6 Å². The van der Waals surface area contributed by atoms with Gasteiger partial charge in [-0.15, -0.1) is 0 Å². The Labute approximate surface area is 119 Å². The Morgan fingerprint density at radius 3 is 2.32 bits per heavy atom. The van der Waals surface area contributed by atoms with Gasteiger partial charge in [-0.3, -0.25) is 4.79 Å². The summed E-state index contributed by atoms with van der Waals surface area (Å²) >= 11 is 4.90. The maximum Gasteiger partial charge on any atom is 0.258 e. The van der Waals surface area contributed by atoms with Gasteiger partial charge < -0.3 is 15.4 Å². The third-order valence-corrected chi connectivity index (χ3v) is 3.66. The molecule has 0 saturated carbocycles. The highest BCUT2D eigenvalue weighted by molar-refractivity contribution is 7.80. The van der Waals surface area contributed by atoms with E-state index in [-0.39, 0.29) is 5.91 Å². The molecule has 1 atom stereocenters. The van der Waals surface area contributed by atoms with Crippen LogP contribution in [0.2, 0.25) is 0 Å². The van der Waals surface area contributed by atoms with Crippen LogP contribution in [-0.2, 0) is 9.53 Å². The Morgan fingerprint density at radius 1 is 1.42 bits per heavy atom. The molecule has 0 heterocycles. The van der Waals surface area contributed by atoms with Gasteiger partial charge in [0, 0.05) is 25.4 Å². The van der Waals surface area contributed by atoms with Crippen molar-refractivity contribution in [1.29, 1.82) is 0 Å². The Kier molecular flexibility index (Phi) is 5.03. The molecule has 0 aliphatic carbocycles. The number of benzene rings is 1. The lowest BCUT2D eigenvalue weighted by atomic mass is 10.0.